The van der Waals surface area contributed by atoms with Gasteiger partial charge in [-0.3, -0.25) is 9.52 Å². The Bertz CT molecular complexity index is 1240. The minimum Gasteiger partial charge on any atom is -0.497 e. The summed E-state index contributed by atoms with van der Waals surface area (Å²) in [5, 5.41) is 2.91. The normalized spacial score (nSPS) is 11.9. The lowest BCUT2D eigenvalue weighted by atomic mass is 10.1. The molecule has 0 radical (unpaired) electrons. The number of carbonyl (C=O) groups excluding carboxylic acids is 1. The molecule has 3 aromatic rings. The quantitative estimate of drug-likeness (QED) is 0.442. The van der Waals surface area contributed by atoms with Crippen molar-refractivity contribution in [1.29, 1.82) is 0 Å². The van der Waals surface area contributed by atoms with Gasteiger partial charge in [0.2, 0.25) is 0 Å². The summed E-state index contributed by atoms with van der Waals surface area (Å²) in [6.45, 7) is 4.17. The van der Waals surface area contributed by atoms with Crippen LogP contribution in [0, 0.1) is 0 Å². The van der Waals surface area contributed by atoms with Crippen molar-refractivity contribution in [3.63, 3.8) is 0 Å². The van der Waals surface area contributed by atoms with Crippen molar-refractivity contribution in [2.24, 2.45) is 0 Å². The van der Waals surface area contributed by atoms with E-state index in [1.807, 2.05) is 13.8 Å². The van der Waals surface area contributed by atoms with E-state index in [0.29, 0.717) is 29.4 Å². The van der Waals surface area contributed by atoms with Gasteiger partial charge in [-0.05, 0) is 74.5 Å². The minimum absolute atomic E-state index is 0.0875. The lowest BCUT2D eigenvalue weighted by Gasteiger charge is -2.18. The third kappa shape index (κ3) is 5.99. The number of rotatable bonds is 10. The standard InChI is InChI=1S/C25H28N2O6S/c1-5-33-20-9-12-22(13-10-20)34(29,30)27-19-8-6-7-18(15-19)25(28)26-17(2)23-16-21(31-3)11-14-24(23)32-4/h6-17,27H,5H2,1-4H3,(H,26,28). The molecule has 34 heavy (non-hydrogen) atoms. The van der Waals surface area contributed by atoms with E-state index >= 15 is 0 Å². The van der Waals surface area contributed by atoms with Crippen molar-refractivity contribution in [2.75, 3.05) is 25.5 Å². The second-order valence-corrected chi connectivity index (χ2v) is 9.08. The Morgan fingerprint density at radius 1 is 0.941 bits per heavy atom. The SMILES string of the molecule is CCOc1ccc(S(=O)(=O)Nc2cccc(C(=O)NC(C)c3cc(OC)ccc3OC)c2)cc1. The summed E-state index contributed by atoms with van der Waals surface area (Å²) < 4.78 is 44.1. The fourth-order valence-corrected chi connectivity index (χ4v) is 4.40. The molecule has 0 saturated carbocycles. The zero-order chi connectivity index (χ0) is 24.7. The van der Waals surface area contributed by atoms with Crippen LogP contribution in [0.2, 0.25) is 0 Å². The molecule has 0 aliphatic rings. The molecule has 1 unspecified atom stereocenters. The van der Waals surface area contributed by atoms with Crippen molar-refractivity contribution >= 4 is 21.6 Å². The molecule has 0 spiro atoms. The molecule has 9 heteroatoms. The molecule has 1 atom stereocenters. The fraction of sp³-hybridized carbons (Fsp3) is 0.240. The lowest BCUT2D eigenvalue weighted by molar-refractivity contribution is 0.0939. The van der Waals surface area contributed by atoms with E-state index < -0.39 is 10.0 Å². The van der Waals surface area contributed by atoms with E-state index in [-0.39, 0.29) is 22.5 Å². The van der Waals surface area contributed by atoms with Crippen LogP contribution >= 0.6 is 0 Å². The van der Waals surface area contributed by atoms with Gasteiger partial charge in [-0.2, -0.15) is 0 Å². The van der Waals surface area contributed by atoms with Gasteiger partial charge in [0, 0.05) is 16.8 Å². The van der Waals surface area contributed by atoms with E-state index in [9.17, 15) is 13.2 Å². The van der Waals surface area contributed by atoms with Crippen LogP contribution in [0.5, 0.6) is 17.2 Å². The molecule has 3 aromatic carbocycles. The van der Waals surface area contributed by atoms with Gasteiger partial charge in [-0.1, -0.05) is 6.07 Å². The third-order valence-corrected chi connectivity index (χ3v) is 6.47. The maximum atomic E-state index is 12.9. The smallest absolute Gasteiger partial charge is 0.261 e. The molecule has 0 bridgehead atoms. The number of anilines is 1. The van der Waals surface area contributed by atoms with Crippen molar-refractivity contribution in [1.82, 2.24) is 5.32 Å². The van der Waals surface area contributed by atoms with Gasteiger partial charge in [-0.25, -0.2) is 8.42 Å². The number of sulfonamides is 1. The molecular weight excluding hydrogens is 456 g/mol. The first-order chi connectivity index (χ1) is 16.3. The summed E-state index contributed by atoms with van der Waals surface area (Å²) in [5.74, 6) is 1.48. The predicted molar refractivity (Wildman–Crippen MR) is 130 cm³/mol. The monoisotopic (exact) mass is 484 g/mol. The molecule has 0 saturated heterocycles. The molecule has 0 aliphatic carbocycles. The van der Waals surface area contributed by atoms with Crippen LogP contribution in [0.15, 0.2) is 71.6 Å². The maximum absolute atomic E-state index is 12.9. The van der Waals surface area contributed by atoms with Crippen LogP contribution in [-0.2, 0) is 10.0 Å². The van der Waals surface area contributed by atoms with Gasteiger partial charge in [0.15, 0.2) is 0 Å². The number of carbonyl (C=O) groups is 1. The van der Waals surface area contributed by atoms with Crippen LogP contribution in [-0.4, -0.2) is 35.2 Å². The minimum atomic E-state index is -3.84. The first-order valence-electron chi connectivity index (χ1n) is 10.7. The van der Waals surface area contributed by atoms with E-state index in [0.717, 1.165) is 5.56 Å². The average Bonchev–Trinajstić information content (AvgIpc) is 2.84. The van der Waals surface area contributed by atoms with E-state index in [1.54, 1.807) is 62.8 Å². The van der Waals surface area contributed by atoms with Crippen LogP contribution in [0.3, 0.4) is 0 Å². The Morgan fingerprint density at radius 3 is 2.29 bits per heavy atom. The van der Waals surface area contributed by atoms with Gasteiger partial charge in [0.25, 0.3) is 15.9 Å². The second-order valence-electron chi connectivity index (χ2n) is 7.39. The number of hydrogen-bond donors (Lipinski definition) is 2. The molecule has 180 valence electrons. The average molecular weight is 485 g/mol. The summed E-state index contributed by atoms with van der Waals surface area (Å²) in [4.78, 5) is 13.0. The molecule has 0 heterocycles. The summed E-state index contributed by atoms with van der Waals surface area (Å²) in [5.41, 5.74) is 1.33. The number of benzene rings is 3. The van der Waals surface area contributed by atoms with Gasteiger partial charge in [0.05, 0.1) is 31.8 Å². The number of amides is 1. The molecule has 1 amide bonds. The molecular formula is C25H28N2O6S. The fourth-order valence-electron chi connectivity index (χ4n) is 3.36. The Kier molecular flexibility index (Phi) is 8.01. The molecule has 0 fully saturated rings. The Balaban J connectivity index is 1.75. The largest absolute Gasteiger partial charge is 0.497 e. The van der Waals surface area contributed by atoms with Crippen molar-refractivity contribution in [3.8, 4) is 17.2 Å². The highest BCUT2D eigenvalue weighted by Crippen LogP contribution is 2.29. The topological polar surface area (TPSA) is 103 Å². The van der Waals surface area contributed by atoms with Crippen LogP contribution < -0.4 is 24.2 Å². The highest BCUT2D eigenvalue weighted by atomic mass is 32.2. The first-order valence-corrected chi connectivity index (χ1v) is 12.1. The third-order valence-electron chi connectivity index (χ3n) is 5.07. The van der Waals surface area contributed by atoms with Crippen molar-refractivity contribution in [3.05, 3.63) is 77.9 Å². The lowest BCUT2D eigenvalue weighted by Crippen LogP contribution is -2.27. The van der Waals surface area contributed by atoms with Crippen molar-refractivity contribution < 1.29 is 27.4 Å². The number of ether oxygens (including phenoxy) is 3. The maximum Gasteiger partial charge on any atom is 0.261 e. The zero-order valence-electron chi connectivity index (χ0n) is 19.5. The summed E-state index contributed by atoms with van der Waals surface area (Å²) in [6, 6.07) is 17.4. The summed E-state index contributed by atoms with van der Waals surface area (Å²) >= 11 is 0. The van der Waals surface area contributed by atoms with E-state index in [4.69, 9.17) is 14.2 Å². The van der Waals surface area contributed by atoms with Crippen LogP contribution in [0.4, 0.5) is 5.69 Å². The molecule has 2 N–H and O–H groups in total. The van der Waals surface area contributed by atoms with Gasteiger partial charge < -0.3 is 19.5 Å². The number of hydrogen-bond acceptors (Lipinski definition) is 6. The summed E-state index contributed by atoms with van der Waals surface area (Å²) in [7, 11) is -0.718. The molecule has 3 rings (SSSR count). The Morgan fingerprint density at radius 2 is 1.65 bits per heavy atom. The number of methoxy groups -OCH3 is 2. The second kappa shape index (κ2) is 10.9. The Labute approximate surface area is 199 Å². The highest BCUT2D eigenvalue weighted by Gasteiger charge is 2.18. The van der Waals surface area contributed by atoms with Crippen LogP contribution in [0.25, 0.3) is 0 Å². The number of nitrogens with one attached hydrogen (secondary N) is 2. The van der Waals surface area contributed by atoms with E-state index in [1.165, 1.54) is 18.2 Å². The zero-order valence-corrected chi connectivity index (χ0v) is 20.3. The van der Waals surface area contributed by atoms with Gasteiger partial charge >= 0.3 is 0 Å². The van der Waals surface area contributed by atoms with Gasteiger partial charge in [-0.15, -0.1) is 0 Å². The molecule has 0 aliphatic heterocycles. The Hall–Kier alpha value is -3.72. The molecule has 8 nitrogen and oxygen atoms in total. The predicted octanol–water partition coefficient (Wildman–Crippen LogP) is 4.39. The van der Waals surface area contributed by atoms with Crippen molar-refractivity contribution in [2.45, 2.75) is 24.8 Å². The first kappa shape index (κ1) is 24.9. The molecule has 0 aromatic heterocycles. The highest BCUT2D eigenvalue weighted by molar-refractivity contribution is 7.92. The van der Waals surface area contributed by atoms with Gasteiger partial charge in [0.1, 0.15) is 17.2 Å². The summed E-state index contributed by atoms with van der Waals surface area (Å²) in [6.07, 6.45) is 0. The van der Waals surface area contributed by atoms with E-state index in [2.05, 4.69) is 10.0 Å². The van der Waals surface area contributed by atoms with Crippen LogP contribution in [0.1, 0.15) is 35.8 Å².